The monoisotopic (exact) mass is 336 g/mol. The number of H-pyrrole nitrogens is 1. The number of nitrogens with one attached hydrogen (secondary N) is 3. The molecule has 128 valence electrons. The van der Waals surface area contributed by atoms with E-state index in [2.05, 4.69) is 20.8 Å². The molecule has 0 saturated carbocycles. The van der Waals surface area contributed by atoms with Gasteiger partial charge in [-0.25, -0.2) is 5.10 Å². The van der Waals surface area contributed by atoms with Crippen LogP contribution >= 0.6 is 0 Å². The Hall–Kier alpha value is -3.15. The van der Waals surface area contributed by atoms with E-state index in [-0.39, 0.29) is 11.5 Å². The molecule has 1 heterocycles. The fourth-order valence-corrected chi connectivity index (χ4v) is 2.60. The molecule has 0 unspecified atom stereocenters. The van der Waals surface area contributed by atoms with E-state index in [0.29, 0.717) is 29.9 Å². The molecule has 0 aliphatic rings. The first kappa shape index (κ1) is 16.7. The molecule has 0 fully saturated rings. The lowest BCUT2D eigenvalue weighted by Crippen LogP contribution is -2.24. The molecule has 0 aliphatic heterocycles. The molecule has 0 radical (unpaired) electrons. The Kier molecular flexibility index (Phi) is 5.41. The first-order valence-corrected chi connectivity index (χ1v) is 8.30. The van der Waals surface area contributed by atoms with Gasteiger partial charge < -0.3 is 10.6 Å². The molecule has 2 aromatic carbocycles. The number of amides is 1. The molecular weight excluding hydrogens is 316 g/mol. The van der Waals surface area contributed by atoms with Gasteiger partial charge in [-0.2, -0.15) is 5.10 Å². The predicted octanol–water partition coefficient (Wildman–Crippen LogP) is 2.55. The molecule has 25 heavy (non-hydrogen) atoms. The van der Waals surface area contributed by atoms with Crippen LogP contribution in [-0.2, 0) is 0 Å². The predicted molar refractivity (Wildman–Crippen MR) is 98.9 cm³/mol. The maximum atomic E-state index is 11.9. The Morgan fingerprint density at radius 3 is 2.40 bits per heavy atom. The molecule has 6 heteroatoms. The van der Waals surface area contributed by atoms with Gasteiger partial charge in [0.1, 0.15) is 0 Å². The number of aromatic amines is 1. The minimum atomic E-state index is -0.190. The van der Waals surface area contributed by atoms with Gasteiger partial charge in [-0.3, -0.25) is 9.59 Å². The van der Waals surface area contributed by atoms with Gasteiger partial charge in [0.2, 0.25) is 0 Å². The molecule has 0 aliphatic carbocycles. The highest BCUT2D eigenvalue weighted by Crippen LogP contribution is 2.16. The Morgan fingerprint density at radius 1 is 0.920 bits per heavy atom. The molecule has 3 rings (SSSR count). The van der Waals surface area contributed by atoms with E-state index in [1.54, 1.807) is 18.2 Å². The standard InChI is InChI=1S/C19H20N4O2/c24-18(14-8-2-1-3-9-14)21-13-7-6-12-20-17-15-10-4-5-11-16(15)19(25)23-22-17/h1-5,8-11H,6-7,12-13H2,(H,20,22)(H,21,24)(H,23,25). The number of hydrogen-bond acceptors (Lipinski definition) is 4. The van der Waals surface area contributed by atoms with Gasteiger partial charge in [0.05, 0.1) is 5.39 Å². The fourth-order valence-electron chi connectivity index (χ4n) is 2.60. The zero-order chi connectivity index (χ0) is 17.5. The van der Waals surface area contributed by atoms with E-state index in [4.69, 9.17) is 0 Å². The fraction of sp³-hybridized carbons (Fsp3) is 0.211. The second kappa shape index (κ2) is 8.10. The number of carbonyl (C=O) groups is 1. The molecule has 0 saturated heterocycles. The van der Waals surface area contributed by atoms with Gasteiger partial charge in [0.15, 0.2) is 5.82 Å². The minimum absolute atomic E-state index is 0.0538. The van der Waals surface area contributed by atoms with Gasteiger partial charge in [-0.1, -0.05) is 36.4 Å². The Morgan fingerprint density at radius 2 is 1.60 bits per heavy atom. The van der Waals surface area contributed by atoms with Crippen LogP contribution in [-0.4, -0.2) is 29.2 Å². The summed E-state index contributed by atoms with van der Waals surface area (Å²) in [7, 11) is 0. The van der Waals surface area contributed by atoms with Crippen LogP contribution in [0.1, 0.15) is 23.2 Å². The number of benzene rings is 2. The third kappa shape index (κ3) is 4.23. The summed E-state index contributed by atoms with van der Waals surface area (Å²) in [5.41, 5.74) is 0.481. The van der Waals surface area contributed by atoms with E-state index >= 15 is 0 Å². The number of unbranched alkanes of at least 4 members (excludes halogenated alkanes) is 1. The number of anilines is 1. The van der Waals surface area contributed by atoms with Crippen LogP contribution in [0.15, 0.2) is 59.4 Å². The maximum absolute atomic E-state index is 11.9. The first-order valence-electron chi connectivity index (χ1n) is 8.30. The van der Waals surface area contributed by atoms with Crippen LogP contribution in [0, 0.1) is 0 Å². The van der Waals surface area contributed by atoms with E-state index in [0.717, 1.165) is 18.2 Å². The number of carbonyl (C=O) groups excluding carboxylic acids is 1. The van der Waals surface area contributed by atoms with Crippen LogP contribution in [0.5, 0.6) is 0 Å². The van der Waals surface area contributed by atoms with Crippen molar-refractivity contribution in [1.29, 1.82) is 0 Å². The van der Waals surface area contributed by atoms with Crippen molar-refractivity contribution < 1.29 is 4.79 Å². The van der Waals surface area contributed by atoms with Gasteiger partial charge in [-0.05, 0) is 31.0 Å². The zero-order valence-electron chi connectivity index (χ0n) is 13.8. The van der Waals surface area contributed by atoms with Gasteiger partial charge >= 0.3 is 0 Å². The second-order valence-electron chi connectivity index (χ2n) is 5.70. The van der Waals surface area contributed by atoms with Crippen molar-refractivity contribution >= 4 is 22.5 Å². The van der Waals surface area contributed by atoms with Crippen molar-refractivity contribution in [3.63, 3.8) is 0 Å². The summed E-state index contributed by atoms with van der Waals surface area (Å²) in [5, 5.41) is 14.2. The Balaban J connectivity index is 1.44. The van der Waals surface area contributed by atoms with Crippen LogP contribution in [0.2, 0.25) is 0 Å². The molecule has 1 amide bonds. The summed E-state index contributed by atoms with van der Waals surface area (Å²) in [6, 6.07) is 16.5. The van der Waals surface area contributed by atoms with Crippen LogP contribution in [0.3, 0.4) is 0 Å². The maximum Gasteiger partial charge on any atom is 0.272 e. The summed E-state index contributed by atoms with van der Waals surface area (Å²) >= 11 is 0. The average molecular weight is 336 g/mol. The number of aromatic nitrogens is 2. The quantitative estimate of drug-likeness (QED) is 0.579. The average Bonchev–Trinajstić information content (AvgIpc) is 2.67. The van der Waals surface area contributed by atoms with Crippen molar-refractivity contribution in [2.24, 2.45) is 0 Å². The molecule has 3 aromatic rings. The van der Waals surface area contributed by atoms with Gasteiger partial charge in [-0.15, -0.1) is 0 Å². The number of rotatable bonds is 7. The normalized spacial score (nSPS) is 10.6. The molecule has 0 bridgehead atoms. The first-order chi connectivity index (χ1) is 12.3. The summed E-state index contributed by atoms with van der Waals surface area (Å²) in [5.74, 6) is 0.616. The molecule has 6 nitrogen and oxygen atoms in total. The molecule has 0 atom stereocenters. The molecule has 1 aromatic heterocycles. The van der Waals surface area contributed by atoms with Gasteiger partial charge in [0.25, 0.3) is 11.5 Å². The van der Waals surface area contributed by atoms with Crippen LogP contribution in [0.25, 0.3) is 10.8 Å². The number of hydrogen-bond donors (Lipinski definition) is 3. The lowest BCUT2D eigenvalue weighted by molar-refractivity contribution is 0.0953. The zero-order valence-corrected chi connectivity index (χ0v) is 13.8. The third-order valence-electron chi connectivity index (χ3n) is 3.91. The lowest BCUT2D eigenvalue weighted by atomic mass is 10.2. The van der Waals surface area contributed by atoms with Crippen molar-refractivity contribution in [1.82, 2.24) is 15.5 Å². The largest absolute Gasteiger partial charge is 0.368 e. The number of fused-ring (bicyclic) bond motifs is 1. The SMILES string of the molecule is O=C(NCCCCNc1n[nH]c(=O)c2ccccc12)c1ccccc1. The lowest BCUT2D eigenvalue weighted by Gasteiger charge is -2.08. The van der Waals surface area contributed by atoms with Crippen molar-refractivity contribution in [2.75, 3.05) is 18.4 Å². The highest BCUT2D eigenvalue weighted by atomic mass is 16.1. The molecule has 0 spiro atoms. The van der Waals surface area contributed by atoms with E-state index < -0.39 is 0 Å². The second-order valence-corrected chi connectivity index (χ2v) is 5.70. The van der Waals surface area contributed by atoms with E-state index in [9.17, 15) is 9.59 Å². The van der Waals surface area contributed by atoms with Crippen LogP contribution in [0.4, 0.5) is 5.82 Å². The van der Waals surface area contributed by atoms with E-state index in [1.807, 2.05) is 36.4 Å². The smallest absolute Gasteiger partial charge is 0.272 e. The highest BCUT2D eigenvalue weighted by molar-refractivity contribution is 5.94. The highest BCUT2D eigenvalue weighted by Gasteiger charge is 2.05. The number of nitrogens with zero attached hydrogens (tertiary/aromatic N) is 1. The van der Waals surface area contributed by atoms with E-state index in [1.165, 1.54) is 0 Å². The summed E-state index contributed by atoms with van der Waals surface area (Å²) in [6.45, 7) is 1.33. The minimum Gasteiger partial charge on any atom is -0.368 e. The Bertz CT molecular complexity index is 906. The molecule has 3 N–H and O–H groups in total. The summed E-state index contributed by atoms with van der Waals surface area (Å²) in [4.78, 5) is 23.6. The van der Waals surface area contributed by atoms with Crippen molar-refractivity contribution in [2.45, 2.75) is 12.8 Å². The van der Waals surface area contributed by atoms with Crippen molar-refractivity contribution in [3.8, 4) is 0 Å². The van der Waals surface area contributed by atoms with Crippen molar-refractivity contribution in [3.05, 3.63) is 70.5 Å². The summed E-state index contributed by atoms with van der Waals surface area (Å²) < 4.78 is 0. The third-order valence-corrected chi connectivity index (χ3v) is 3.91. The van der Waals surface area contributed by atoms with Gasteiger partial charge in [0, 0.05) is 24.0 Å². The Labute approximate surface area is 145 Å². The summed E-state index contributed by atoms with van der Waals surface area (Å²) in [6.07, 6.45) is 1.73. The topological polar surface area (TPSA) is 86.9 Å². The molecular formula is C19H20N4O2. The van der Waals surface area contributed by atoms with Crippen LogP contribution < -0.4 is 16.2 Å².